The third kappa shape index (κ3) is 35.7. The Hall–Kier alpha value is -1.44. The molecular formula is C40H75NO5S. The van der Waals surface area contributed by atoms with Gasteiger partial charge in [-0.25, -0.2) is 0 Å². The first kappa shape index (κ1) is 45.6. The molecule has 0 spiro atoms. The summed E-state index contributed by atoms with van der Waals surface area (Å²) in [5.41, 5.74) is 0. The molecule has 7 heteroatoms. The summed E-state index contributed by atoms with van der Waals surface area (Å²) in [6.07, 6.45) is 44.2. The molecule has 0 rings (SSSR count). The second-order valence-corrected chi connectivity index (χ2v) is 15.0. The molecule has 0 aromatic rings. The first-order chi connectivity index (χ1) is 22.8. The van der Waals surface area contributed by atoms with Gasteiger partial charge in [0, 0.05) is 6.42 Å². The number of allylic oxidation sites excluding steroid dienone is 5. The maximum Gasteiger partial charge on any atom is 0.267 e. The number of carbonyl (C=O) groups is 1. The van der Waals surface area contributed by atoms with Crippen LogP contribution in [0.5, 0.6) is 0 Å². The highest BCUT2D eigenvalue weighted by Gasteiger charge is 2.24. The molecule has 0 radical (unpaired) electrons. The van der Waals surface area contributed by atoms with E-state index in [9.17, 15) is 22.9 Å². The van der Waals surface area contributed by atoms with E-state index in [0.29, 0.717) is 6.42 Å². The van der Waals surface area contributed by atoms with Crippen molar-refractivity contribution in [2.75, 3.05) is 5.75 Å². The Morgan fingerprint density at radius 1 is 0.553 bits per heavy atom. The molecule has 0 aliphatic heterocycles. The van der Waals surface area contributed by atoms with Gasteiger partial charge in [-0.2, -0.15) is 8.42 Å². The smallest absolute Gasteiger partial charge is 0.267 e. The van der Waals surface area contributed by atoms with Crippen molar-refractivity contribution in [3.05, 3.63) is 36.5 Å². The Balaban J connectivity index is 3.99. The molecule has 0 aromatic heterocycles. The van der Waals surface area contributed by atoms with Crippen LogP contribution in [-0.4, -0.2) is 41.9 Å². The molecule has 47 heavy (non-hydrogen) atoms. The fraction of sp³-hybridized carbons (Fsp3) is 0.825. The van der Waals surface area contributed by atoms with Gasteiger partial charge >= 0.3 is 0 Å². The fourth-order valence-corrected chi connectivity index (χ4v) is 6.57. The molecule has 2 atom stereocenters. The van der Waals surface area contributed by atoms with Gasteiger partial charge in [-0.15, -0.1) is 0 Å². The van der Waals surface area contributed by atoms with Gasteiger partial charge in [0.2, 0.25) is 5.91 Å². The molecular weight excluding hydrogens is 607 g/mol. The molecule has 6 nitrogen and oxygen atoms in total. The number of amides is 1. The fourth-order valence-electron chi connectivity index (χ4n) is 5.83. The predicted molar refractivity (Wildman–Crippen MR) is 202 cm³/mol. The molecule has 0 saturated heterocycles. The monoisotopic (exact) mass is 682 g/mol. The standard InChI is InChI=1S/C40H75NO5S/c1-3-5-7-9-11-13-15-16-17-18-19-20-21-22-23-24-26-27-29-31-33-35-39(42)38(37-47(44,45)46)41-40(43)36-34-32-30-28-25-14-12-10-8-6-4-2/h21-22,26-27,33,35,38-39,42H,3-20,23-25,28-32,34,36-37H2,1-2H3,(H,41,43)(H,44,45,46)/b22-21+,27-26+,35-33+. The van der Waals surface area contributed by atoms with E-state index in [1.807, 2.05) is 0 Å². The summed E-state index contributed by atoms with van der Waals surface area (Å²) in [4.78, 5) is 12.4. The average Bonchev–Trinajstić information content (AvgIpc) is 3.03. The van der Waals surface area contributed by atoms with Crippen LogP contribution < -0.4 is 5.32 Å². The van der Waals surface area contributed by atoms with Crippen LogP contribution in [0, 0.1) is 0 Å². The maximum absolute atomic E-state index is 12.4. The Bertz CT molecular complexity index is 883. The van der Waals surface area contributed by atoms with E-state index in [2.05, 4.69) is 43.5 Å². The lowest BCUT2D eigenvalue weighted by atomic mass is 10.0. The highest BCUT2D eigenvalue weighted by Crippen LogP contribution is 2.14. The van der Waals surface area contributed by atoms with Crippen LogP contribution in [0.2, 0.25) is 0 Å². The van der Waals surface area contributed by atoms with Crippen LogP contribution in [0.3, 0.4) is 0 Å². The second-order valence-electron chi connectivity index (χ2n) is 13.5. The van der Waals surface area contributed by atoms with Crippen LogP contribution in [0.4, 0.5) is 0 Å². The van der Waals surface area contributed by atoms with Crippen LogP contribution in [0.25, 0.3) is 0 Å². The summed E-state index contributed by atoms with van der Waals surface area (Å²) >= 11 is 0. The molecule has 0 fully saturated rings. The minimum absolute atomic E-state index is 0.286. The van der Waals surface area contributed by atoms with E-state index < -0.39 is 28.0 Å². The first-order valence-corrected chi connectivity index (χ1v) is 21.3. The average molecular weight is 682 g/mol. The Kier molecular flexibility index (Phi) is 33.4. The molecule has 1 amide bonds. The Morgan fingerprint density at radius 3 is 1.34 bits per heavy atom. The maximum atomic E-state index is 12.4. The van der Waals surface area contributed by atoms with E-state index >= 15 is 0 Å². The summed E-state index contributed by atoms with van der Waals surface area (Å²) in [6.45, 7) is 4.50. The van der Waals surface area contributed by atoms with Gasteiger partial charge in [0.1, 0.15) is 0 Å². The topological polar surface area (TPSA) is 104 Å². The number of aliphatic hydroxyl groups is 1. The summed E-state index contributed by atoms with van der Waals surface area (Å²) < 4.78 is 32.4. The second kappa shape index (κ2) is 34.4. The van der Waals surface area contributed by atoms with Crippen LogP contribution in [-0.2, 0) is 14.9 Å². The molecule has 276 valence electrons. The zero-order valence-electron chi connectivity index (χ0n) is 30.7. The minimum Gasteiger partial charge on any atom is -0.387 e. The molecule has 3 N–H and O–H groups in total. The van der Waals surface area contributed by atoms with Crippen molar-refractivity contribution < 1.29 is 22.9 Å². The summed E-state index contributed by atoms with van der Waals surface area (Å²) in [7, 11) is -4.35. The summed E-state index contributed by atoms with van der Waals surface area (Å²) in [5, 5.41) is 13.2. The molecule has 0 aromatic carbocycles. The SMILES string of the molecule is CCCCCCCCCCCCC/C=C/CC/C=C/CC/C=C/C(O)C(CS(=O)(=O)O)NC(=O)CCCCCCCCCCCCC. The van der Waals surface area contributed by atoms with Crippen molar-refractivity contribution in [3.63, 3.8) is 0 Å². The molecule has 0 heterocycles. The largest absolute Gasteiger partial charge is 0.387 e. The third-order valence-corrected chi connectivity index (χ3v) is 9.58. The first-order valence-electron chi connectivity index (χ1n) is 19.7. The van der Waals surface area contributed by atoms with Crippen LogP contribution in [0.1, 0.15) is 194 Å². The number of aliphatic hydroxyl groups excluding tert-OH is 1. The number of hydrogen-bond donors (Lipinski definition) is 3. The summed E-state index contributed by atoms with van der Waals surface area (Å²) in [6, 6.07) is -1.08. The zero-order valence-corrected chi connectivity index (χ0v) is 31.5. The zero-order chi connectivity index (χ0) is 34.7. The van der Waals surface area contributed by atoms with Gasteiger partial charge in [0.05, 0.1) is 17.9 Å². The van der Waals surface area contributed by atoms with Crippen LogP contribution in [0.15, 0.2) is 36.5 Å². The van der Waals surface area contributed by atoms with Gasteiger partial charge in [-0.1, -0.05) is 179 Å². The lowest BCUT2D eigenvalue weighted by molar-refractivity contribution is -0.122. The minimum atomic E-state index is -4.35. The van der Waals surface area contributed by atoms with E-state index in [0.717, 1.165) is 38.5 Å². The van der Waals surface area contributed by atoms with Crippen molar-refractivity contribution in [2.45, 2.75) is 206 Å². The van der Waals surface area contributed by atoms with Crippen molar-refractivity contribution in [3.8, 4) is 0 Å². The number of rotatable bonds is 35. The highest BCUT2D eigenvalue weighted by molar-refractivity contribution is 7.85. The van der Waals surface area contributed by atoms with Crippen LogP contribution >= 0.6 is 0 Å². The van der Waals surface area contributed by atoms with Gasteiger partial charge in [-0.05, 0) is 44.9 Å². The number of hydrogen-bond acceptors (Lipinski definition) is 4. The van der Waals surface area contributed by atoms with E-state index in [1.54, 1.807) is 6.08 Å². The highest BCUT2D eigenvalue weighted by atomic mass is 32.2. The van der Waals surface area contributed by atoms with Crippen molar-refractivity contribution in [2.24, 2.45) is 0 Å². The van der Waals surface area contributed by atoms with Gasteiger partial charge in [0.15, 0.2) is 0 Å². The number of carbonyl (C=O) groups excluding carboxylic acids is 1. The molecule has 0 bridgehead atoms. The molecule has 0 saturated carbocycles. The van der Waals surface area contributed by atoms with Crippen molar-refractivity contribution in [1.82, 2.24) is 5.32 Å². The number of unbranched alkanes of at least 4 members (excludes halogenated alkanes) is 23. The quantitative estimate of drug-likeness (QED) is 0.0351. The third-order valence-electron chi connectivity index (χ3n) is 8.80. The van der Waals surface area contributed by atoms with Gasteiger partial charge in [-0.3, -0.25) is 9.35 Å². The Labute approximate surface area is 291 Å². The van der Waals surface area contributed by atoms with E-state index in [1.165, 1.54) is 134 Å². The lowest BCUT2D eigenvalue weighted by Crippen LogP contribution is -2.46. The lowest BCUT2D eigenvalue weighted by Gasteiger charge is -2.21. The predicted octanol–water partition coefficient (Wildman–Crippen LogP) is 11.4. The van der Waals surface area contributed by atoms with E-state index in [4.69, 9.17) is 0 Å². The van der Waals surface area contributed by atoms with E-state index in [-0.39, 0.29) is 12.3 Å². The van der Waals surface area contributed by atoms with Gasteiger partial charge in [0.25, 0.3) is 10.1 Å². The molecule has 0 aliphatic rings. The normalized spacial score (nSPS) is 13.7. The molecule has 2 unspecified atom stereocenters. The molecule has 0 aliphatic carbocycles. The van der Waals surface area contributed by atoms with Gasteiger partial charge < -0.3 is 10.4 Å². The number of nitrogens with one attached hydrogen (secondary N) is 1. The summed E-state index contributed by atoms with van der Waals surface area (Å²) in [5.74, 6) is -1.01. The van der Waals surface area contributed by atoms with Crippen molar-refractivity contribution >= 4 is 16.0 Å². The Morgan fingerprint density at radius 2 is 0.915 bits per heavy atom. The van der Waals surface area contributed by atoms with Crippen molar-refractivity contribution in [1.29, 1.82) is 0 Å².